The van der Waals surface area contributed by atoms with Crippen LogP contribution in [0.3, 0.4) is 0 Å². The van der Waals surface area contributed by atoms with Gasteiger partial charge in [-0.25, -0.2) is 4.39 Å². The Morgan fingerprint density at radius 1 is 1.22 bits per heavy atom. The lowest BCUT2D eigenvalue weighted by Gasteiger charge is -2.22. The molecule has 0 saturated carbocycles. The molecule has 2 nitrogen and oxygen atoms in total. The van der Waals surface area contributed by atoms with Crippen molar-refractivity contribution in [1.82, 2.24) is 4.90 Å². The van der Waals surface area contributed by atoms with Crippen LogP contribution in [0.5, 0.6) is 0 Å². The van der Waals surface area contributed by atoms with Gasteiger partial charge >= 0.3 is 0 Å². The van der Waals surface area contributed by atoms with E-state index in [0.717, 1.165) is 11.3 Å². The number of carbonyl (C=O) groups is 1. The number of hydrogen-bond acceptors (Lipinski definition) is 2. The fourth-order valence-electron chi connectivity index (χ4n) is 2.47. The Morgan fingerprint density at radius 2 is 1.96 bits per heavy atom. The molecule has 1 unspecified atom stereocenters. The first-order chi connectivity index (χ1) is 11.1. The van der Waals surface area contributed by atoms with Gasteiger partial charge in [0.05, 0.1) is 0 Å². The van der Waals surface area contributed by atoms with Crippen LogP contribution in [-0.2, 0) is 4.79 Å². The summed E-state index contributed by atoms with van der Waals surface area (Å²) < 4.78 is 13.6. The van der Waals surface area contributed by atoms with Gasteiger partial charge in [-0.1, -0.05) is 41.9 Å². The van der Waals surface area contributed by atoms with Crippen LogP contribution < -0.4 is 0 Å². The molecule has 2 aromatic rings. The first-order valence-corrected chi connectivity index (χ1v) is 8.68. The predicted octanol–water partition coefficient (Wildman–Crippen LogP) is 4.77. The molecule has 3 rings (SSSR count). The Bertz CT molecular complexity index is 732. The van der Waals surface area contributed by atoms with Crippen molar-refractivity contribution in [3.8, 4) is 0 Å². The van der Waals surface area contributed by atoms with Crippen LogP contribution >= 0.6 is 23.4 Å². The topological polar surface area (TPSA) is 20.3 Å². The number of benzene rings is 2. The third kappa shape index (κ3) is 3.77. The van der Waals surface area contributed by atoms with E-state index in [0.29, 0.717) is 17.1 Å². The highest BCUT2D eigenvalue weighted by molar-refractivity contribution is 7.99. The maximum Gasteiger partial charge on any atom is 0.247 e. The largest absolute Gasteiger partial charge is 0.322 e. The zero-order chi connectivity index (χ0) is 16.2. The summed E-state index contributed by atoms with van der Waals surface area (Å²) in [5.74, 6) is 0.437. The van der Waals surface area contributed by atoms with Crippen molar-refractivity contribution in [2.45, 2.75) is 5.37 Å². The summed E-state index contributed by atoms with van der Waals surface area (Å²) >= 11 is 7.63. The van der Waals surface area contributed by atoms with Crippen molar-refractivity contribution >= 4 is 35.3 Å². The zero-order valence-electron chi connectivity index (χ0n) is 12.3. The lowest BCUT2D eigenvalue weighted by atomic mass is 10.2. The number of carbonyl (C=O) groups excluding carboxylic acids is 1. The average Bonchev–Trinajstić information content (AvgIpc) is 3.04. The minimum absolute atomic E-state index is 0.0231. The third-order valence-electron chi connectivity index (χ3n) is 3.64. The third-order valence-corrected chi connectivity index (χ3v) is 5.15. The summed E-state index contributed by atoms with van der Waals surface area (Å²) in [6.45, 7) is 0.679. The van der Waals surface area contributed by atoms with Crippen molar-refractivity contribution in [3.63, 3.8) is 0 Å². The fraction of sp³-hybridized carbons (Fsp3) is 0.167. The predicted molar refractivity (Wildman–Crippen MR) is 93.8 cm³/mol. The second-order valence-corrected chi connectivity index (χ2v) is 6.79. The Labute approximate surface area is 143 Å². The minimum Gasteiger partial charge on any atom is -0.322 e. The lowest BCUT2D eigenvalue weighted by molar-refractivity contribution is -0.126. The van der Waals surface area contributed by atoms with Crippen molar-refractivity contribution in [1.29, 1.82) is 0 Å². The molecular weight excluding hydrogens is 333 g/mol. The highest BCUT2D eigenvalue weighted by atomic mass is 35.5. The standard InChI is InChI=1S/C18H15ClFNOS/c19-15-8-5-14(6-9-15)18-21(11-12-23-18)17(22)10-7-13-3-1-2-4-16(13)20/h1-10,18H,11-12H2/b10-7+. The van der Waals surface area contributed by atoms with E-state index in [2.05, 4.69) is 0 Å². The smallest absolute Gasteiger partial charge is 0.247 e. The van der Waals surface area contributed by atoms with Crippen LogP contribution in [0.4, 0.5) is 4.39 Å². The zero-order valence-corrected chi connectivity index (χ0v) is 13.9. The van der Waals surface area contributed by atoms with Crippen molar-refractivity contribution in [2.75, 3.05) is 12.3 Å². The van der Waals surface area contributed by atoms with Gasteiger partial charge in [-0.2, -0.15) is 0 Å². The number of thioether (sulfide) groups is 1. The number of nitrogens with zero attached hydrogens (tertiary/aromatic N) is 1. The highest BCUT2D eigenvalue weighted by Gasteiger charge is 2.29. The summed E-state index contributed by atoms with van der Waals surface area (Å²) in [7, 11) is 0. The summed E-state index contributed by atoms with van der Waals surface area (Å²) in [4.78, 5) is 14.3. The number of amides is 1. The minimum atomic E-state index is -0.332. The van der Waals surface area contributed by atoms with Gasteiger partial charge in [0, 0.05) is 29.0 Å². The first kappa shape index (κ1) is 16.1. The Kier molecular flexibility index (Phi) is 5.03. The van der Waals surface area contributed by atoms with E-state index in [1.807, 2.05) is 24.3 Å². The fourth-order valence-corrected chi connectivity index (χ4v) is 3.86. The second kappa shape index (κ2) is 7.20. The molecule has 5 heteroatoms. The SMILES string of the molecule is O=C(/C=C/c1ccccc1F)N1CCSC1c1ccc(Cl)cc1. The first-order valence-electron chi connectivity index (χ1n) is 7.25. The van der Waals surface area contributed by atoms with E-state index < -0.39 is 0 Å². The highest BCUT2D eigenvalue weighted by Crippen LogP contribution is 2.38. The van der Waals surface area contributed by atoms with E-state index in [9.17, 15) is 9.18 Å². The molecule has 1 fully saturated rings. The number of rotatable bonds is 3. The maximum absolute atomic E-state index is 13.6. The van der Waals surface area contributed by atoms with Crippen LogP contribution in [0.1, 0.15) is 16.5 Å². The normalized spacial score (nSPS) is 17.8. The molecule has 1 amide bonds. The Balaban J connectivity index is 1.76. The molecule has 0 aliphatic carbocycles. The van der Waals surface area contributed by atoms with Gasteiger partial charge in [-0.05, 0) is 29.8 Å². The molecule has 0 N–H and O–H groups in total. The van der Waals surface area contributed by atoms with Gasteiger partial charge in [0.15, 0.2) is 0 Å². The van der Waals surface area contributed by atoms with Crippen molar-refractivity contribution in [2.24, 2.45) is 0 Å². The summed E-state index contributed by atoms with van der Waals surface area (Å²) in [5.41, 5.74) is 1.46. The molecule has 0 spiro atoms. The van der Waals surface area contributed by atoms with E-state index >= 15 is 0 Å². The molecule has 2 aromatic carbocycles. The van der Waals surface area contributed by atoms with E-state index in [1.165, 1.54) is 18.2 Å². The van der Waals surface area contributed by atoms with Gasteiger partial charge in [0.2, 0.25) is 5.91 Å². The molecule has 0 radical (unpaired) electrons. The molecule has 1 aliphatic rings. The molecule has 0 bridgehead atoms. The molecule has 1 atom stereocenters. The number of hydrogen-bond donors (Lipinski definition) is 0. The average molecular weight is 348 g/mol. The summed E-state index contributed by atoms with van der Waals surface area (Å²) in [6, 6.07) is 13.9. The van der Waals surface area contributed by atoms with Gasteiger partial charge < -0.3 is 4.90 Å². The van der Waals surface area contributed by atoms with Gasteiger partial charge in [0.25, 0.3) is 0 Å². The molecular formula is C18H15ClFNOS. The van der Waals surface area contributed by atoms with Gasteiger partial charge in [-0.15, -0.1) is 11.8 Å². The van der Waals surface area contributed by atoms with Crippen molar-refractivity contribution < 1.29 is 9.18 Å². The molecule has 23 heavy (non-hydrogen) atoms. The van der Waals surface area contributed by atoms with Gasteiger partial charge in [-0.3, -0.25) is 4.79 Å². The molecule has 1 saturated heterocycles. The number of halogens is 2. The quantitative estimate of drug-likeness (QED) is 0.746. The molecule has 0 aromatic heterocycles. The lowest BCUT2D eigenvalue weighted by Crippen LogP contribution is -2.28. The molecule has 118 valence electrons. The van der Waals surface area contributed by atoms with E-state index in [-0.39, 0.29) is 17.1 Å². The molecule has 1 aliphatic heterocycles. The molecule has 1 heterocycles. The van der Waals surface area contributed by atoms with Gasteiger partial charge in [0.1, 0.15) is 11.2 Å². The van der Waals surface area contributed by atoms with Crippen LogP contribution in [0.2, 0.25) is 5.02 Å². The van der Waals surface area contributed by atoms with Crippen LogP contribution in [-0.4, -0.2) is 23.1 Å². The van der Waals surface area contributed by atoms with Crippen LogP contribution in [0.25, 0.3) is 6.08 Å². The van der Waals surface area contributed by atoms with E-state index in [4.69, 9.17) is 11.6 Å². The maximum atomic E-state index is 13.6. The second-order valence-electron chi connectivity index (χ2n) is 5.16. The van der Waals surface area contributed by atoms with Crippen LogP contribution in [0, 0.1) is 5.82 Å². The summed E-state index contributed by atoms with van der Waals surface area (Å²) in [5, 5.41) is 0.652. The summed E-state index contributed by atoms with van der Waals surface area (Å²) in [6.07, 6.45) is 2.97. The van der Waals surface area contributed by atoms with Crippen molar-refractivity contribution in [3.05, 3.63) is 76.6 Å². The van der Waals surface area contributed by atoms with E-state index in [1.54, 1.807) is 34.9 Å². The Morgan fingerprint density at radius 3 is 2.70 bits per heavy atom. The monoisotopic (exact) mass is 347 g/mol. The Hall–Kier alpha value is -1.78. The van der Waals surface area contributed by atoms with Crippen LogP contribution in [0.15, 0.2) is 54.6 Å².